The highest BCUT2D eigenvalue weighted by atomic mass is 32.1. The molecular weight excluding hydrogens is 180 g/mol. The predicted octanol–water partition coefficient (Wildman–Crippen LogP) is 1.86. The van der Waals surface area contributed by atoms with Crippen LogP contribution < -0.4 is 5.32 Å². The van der Waals surface area contributed by atoms with Crippen molar-refractivity contribution in [1.29, 1.82) is 0 Å². The Bertz CT molecular complexity index is 191. The van der Waals surface area contributed by atoms with Gasteiger partial charge in [-0.1, -0.05) is 27.7 Å². The molecule has 1 rings (SSSR count). The number of thiocarbonyl (C=S) groups is 1. The molecule has 1 saturated heterocycles. The lowest BCUT2D eigenvalue weighted by Gasteiger charge is -2.47. The van der Waals surface area contributed by atoms with Gasteiger partial charge in [0.2, 0.25) is 0 Å². The van der Waals surface area contributed by atoms with Crippen molar-refractivity contribution in [3.05, 3.63) is 0 Å². The van der Waals surface area contributed by atoms with Gasteiger partial charge >= 0.3 is 0 Å². The molecule has 0 bridgehead atoms. The van der Waals surface area contributed by atoms with Gasteiger partial charge in [-0.05, 0) is 23.6 Å². The maximum absolute atomic E-state index is 5.26. The molecule has 1 N–H and O–H groups in total. The highest BCUT2D eigenvalue weighted by Gasteiger charge is 2.35. The normalized spacial score (nSPS) is 19.9. The minimum Gasteiger partial charge on any atom is -0.362 e. The molecule has 1 aliphatic heterocycles. The van der Waals surface area contributed by atoms with Crippen LogP contribution in [0.15, 0.2) is 0 Å². The molecule has 0 aliphatic carbocycles. The summed E-state index contributed by atoms with van der Waals surface area (Å²) >= 11 is 5.26. The molecule has 0 unspecified atom stereocenters. The smallest absolute Gasteiger partial charge is 0.168 e. The van der Waals surface area contributed by atoms with Crippen molar-refractivity contribution in [2.24, 2.45) is 11.3 Å². The number of hydrogen-bond acceptors (Lipinski definition) is 1. The van der Waals surface area contributed by atoms with Crippen LogP contribution in [0.1, 0.15) is 27.7 Å². The molecular formula is C10H20N2S. The van der Waals surface area contributed by atoms with E-state index in [0.717, 1.165) is 24.7 Å². The van der Waals surface area contributed by atoms with Crippen LogP contribution in [-0.4, -0.2) is 29.6 Å². The number of hydrogen-bond donors (Lipinski definition) is 1. The second kappa shape index (κ2) is 3.82. The zero-order valence-corrected chi connectivity index (χ0v) is 9.87. The van der Waals surface area contributed by atoms with E-state index in [1.165, 1.54) is 0 Å². The molecule has 13 heavy (non-hydrogen) atoms. The summed E-state index contributed by atoms with van der Waals surface area (Å²) in [5.74, 6) is 0.659. The van der Waals surface area contributed by atoms with Gasteiger partial charge < -0.3 is 10.2 Å². The Hall–Kier alpha value is -0.310. The monoisotopic (exact) mass is 200 g/mol. The SMILES string of the molecule is CC(C)CNC(=S)N1CC(C)(C)C1. The molecule has 0 radical (unpaired) electrons. The van der Waals surface area contributed by atoms with E-state index < -0.39 is 0 Å². The predicted molar refractivity (Wildman–Crippen MR) is 60.8 cm³/mol. The van der Waals surface area contributed by atoms with E-state index in [9.17, 15) is 0 Å². The summed E-state index contributed by atoms with van der Waals surface area (Å²) in [6, 6.07) is 0. The molecule has 1 heterocycles. The van der Waals surface area contributed by atoms with Crippen LogP contribution in [0, 0.1) is 11.3 Å². The zero-order chi connectivity index (χ0) is 10.1. The number of nitrogens with one attached hydrogen (secondary N) is 1. The Morgan fingerprint density at radius 2 is 2.00 bits per heavy atom. The first-order valence-corrected chi connectivity index (χ1v) is 5.34. The van der Waals surface area contributed by atoms with Crippen LogP contribution in [0.25, 0.3) is 0 Å². The molecule has 2 nitrogen and oxygen atoms in total. The Morgan fingerprint density at radius 1 is 1.46 bits per heavy atom. The Morgan fingerprint density at radius 3 is 2.38 bits per heavy atom. The molecule has 0 saturated carbocycles. The average Bonchev–Trinajstić information content (AvgIpc) is 1.95. The van der Waals surface area contributed by atoms with Crippen LogP contribution in [0.4, 0.5) is 0 Å². The largest absolute Gasteiger partial charge is 0.362 e. The minimum atomic E-state index is 0.462. The van der Waals surface area contributed by atoms with Crippen LogP contribution in [0.5, 0.6) is 0 Å². The fourth-order valence-corrected chi connectivity index (χ4v) is 1.75. The molecule has 0 aromatic rings. The van der Waals surface area contributed by atoms with Crippen molar-refractivity contribution < 1.29 is 0 Å². The highest BCUT2D eigenvalue weighted by Crippen LogP contribution is 2.28. The molecule has 0 amide bonds. The van der Waals surface area contributed by atoms with E-state index in [1.807, 2.05) is 0 Å². The molecule has 3 heteroatoms. The van der Waals surface area contributed by atoms with Crippen molar-refractivity contribution in [3.8, 4) is 0 Å². The van der Waals surface area contributed by atoms with E-state index in [0.29, 0.717) is 11.3 Å². The van der Waals surface area contributed by atoms with Gasteiger partial charge in [0.25, 0.3) is 0 Å². The topological polar surface area (TPSA) is 15.3 Å². The molecule has 0 aromatic carbocycles. The second-order valence-corrected chi connectivity index (χ2v) is 5.49. The van der Waals surface area contributed by atoms with Crippen molar-refractivity contribution >= 4 is 17.3 Å². The van der Waals surface area contributed by atoms with E-state index in [2.05, 4.69) is 37.9 Å². The molecule has 0 atom stereocenters. The maximum Gasteiger partial charge on any atom is 0.168 e. The third-order valence-corrected chi connectivity index (χ3v) is 2.59. The maximum atomic E-state index is 5.26. The zero-order valence-electron chi connectivity index (χ0n) is 9.05. The first-order chi connectivity index (χ1) is 5.91. The summed E-state index contributed by atoms with van der Waals surface area (Å²) in [4.78, 5) is 2.23. The molecule has 1 fully saturated rings. The Kier molecular flexibility index (Phi) is 3.17. The summed E-state index contributed by atoms with van der Waals surface area (Å²) in [6.45, 7) is 12.1. The number of rotatable bonds is 2. The van der Waals surface area contributed by atoms with Crippen LogP contribution in [0.2, 0.25) is 0 Å². The molecule has 76 valence electrons. The summed E-state index contributed by atoms with van der Waals surface area (Å²) in [7, 11) is 0. The molecule has 0 spiro atoms. The first kappa shape index (κ1) is 10.8. The lowest BCUT2D eigenvalue weighted by Crippen LogP contribution is -2.58. The van der Waals surface area contributed by atoms with E-state index in [-0.39, 0.29) is 0 Å². The van der Waals surface area contributed by atoms with Crippen LogP contribution >= 0.6 is 12.2 Å². The fraction of sp³-hybridized carbons (Fsp3) is 0.900. The Labute approximate surface area is 86.7 Å². The van der Waals surface area contributed by atoms with E-state index in [4.69, 9.17) is 12.2 Å². The van der Waals surface area contributed by atoms with Crippen molar-refractivity contribution in [2.45, 2.75) is 27.7 Å². The highest BCUT2D eigenvalue weighted by molar-refractivity contribution is 7.80. The van der Waals surface area contributed by atoms with Gasteiger partial charge in [-0.25, -0.2) is 0 Å². The van der Waals surface area contributed by atoms with Gasteiger partial charge in [-0.15, -0.1) is 0 Å². The summed E-state index contributed by atoms with van der Waals surface area (Å²) in [5, 5.41) is 4.20. The average molecular weight is 200 g/mol. The van der Waals surface area contributed by atoms with Gasteiger partial charge in [-0.3, -0.25) is 0 Å². The third-order valence-electron chi connectivity index (χ3n) is 2.19. The fourth-order valence-electron chi connectivity index (χ4n) is 1.53. The van der Waals surface area contributed by atoms with Gasteiger partial charge in [0.15, 0.2) is 5.11 Å². The lowest BCUT2D eigenvalue weighted by molar-refractivity contribution is 0.0976. The van der Waals surface area contributed by atoms with E-state index in [1.54, 1.807) is 0 Å². The van der Waals surface area contributed by atoms with Gasteiger partial charge in [0, 0.05) is 19.6 Å². The third kappa shape index (κ3) is 3.14. The first-order valence-electron chi connectivity index (χ1n) is 4.93. The van der Waals surface area contributed by atoms with Crippen LogP contribution in [-0.2, 0) is 0 Å². The second-order valence-electron chi connectivity index (χ2n) is 5.10. The summed E-state index contributed by atoms with van der Waals surface area (Å²) < 4.78 is 0. The molecule has 1 aliphatic rings. The lowest BCUT2D eigenvalue weighted by atomic mass is 9.85. The minimum absolute atomic E-state index is 0.462. The quantitative estimate of drug-likeness (QED) is 0.685. The molecule has 0 aromatic heterocycles. The van der Waals surface area contributed by atoms with Crippen molar-refractivity contribution in [1.82, 2.24) is 10.2 Å². The number of nitrogens with zero attached hydrogens (tertiary/aromatic N) is 1. The van der Waals surface area contributed by atoms with Crippen LogP contribution in [0.3, 0.4) is 0 Å². The van der Waals surface area contributed by atoms with Gasteiger partial charge in [-0.2, -0.15) is 0 Å². The van der Waals surface area contributed by atoms with Gasteiger partial charge in [0.05, 0.1) is 0 Å². The number of likely N-dealkylation sites (tertiary alicyclic amines) is 1. The van der Waals surface area contributed by atoms with E-state index >= 15 is 0 Å². The van der Waals surface area contributed by atoms with Crippen molar-refractivity contribution in [2.75, 3.05) is 19.6 Å². The summed E-state index contributed by atoms with van der Waals surface area (Å²) in [6.07, 6.45) is 0. The Balaban J connectivity index is 2.20. The van der Waals surface area contributed by atoms with Crippen molar-refractivity contribution in [3.63, 3.8) is 0 Å². The standard InChI is InChI=1S/C10H20N2S/c1-8(2)5-11-9(13)12-6-10(3,4)7-12/h8H,5-7H2,1-4H3,(H,11,13). The summed E-state index contributed by atoms with van der Waals surface area (Å²) in [5.41, 5.74) is 0.462. The van der Waals surface area contributed by atoms with Gasteiger partial charge in [0.1, 0.15) is 0 Å².